The highest BCUT2D eigenvalue weighted by atomic mass is 16.5. The van der Waals surface area contributed by atoms with Crippen LogP contribution in [0.3, 0.4) is 0 Å². The fraction of sp³-hybridized carbons (Fsp3) is 0.600. The summed E-state index contributed by atoms with van der Waals surface area (Å²) in [5.41, 5.74) is -0.566. The molecule has 1 aliphatic rings. The molecule has 0 saturated carbocycles. The minimum Gasteiger partial charge on any atom is -0.496 e. The van der Waals surface area contributed by atoms with Crippen molar-refractivity contribution in [1.82, 2.24) is 10.6 Å². The first-order valence-corrected chi connectivity index (χ1v) is 9.37. The lowest BCUT2D eigenvalue weighted by Crippen LogP contribution is -2.57. The molecular formula is C20H30N2O5. The smallest absolute Gasteiger partial charge is 0.329 e. The molecule has 0 aliphatic carbocycles. The first-order chi connectivity index (χ1) is 12.9. The number of hydrogen-bond donors (Lipinski definition) is 3. The number of urea groups is 1. The van der Waals surface area contributed by atoms with Crippen LogP contribution in [0.25, 0.3) is 0 Å². The molecule has 7 nitrogen and oxygen atoms in total. The Kier molecular flexibility index (Phi) is 7.07. The van der Waals surface area contributed by atoms with Gasteiger partial charge in [-0.2, -0.15) is 0 Å². The highest BCUT2D eigenvalue weighted by molar-refractivity contribution is 5.85. The Morgan fingerprint density at radius 1 is 1.30 bits per heavy atom. The SMILES string of the molecule is CCCC(C)(NC(=O)NCC1(c2ccccc2OC)CCOCC1)C(=O)O. The van der Waals surface area contributed by atoms with Crippen molar-refractivity contribution < 1.29 is 24.2 Å². The second kappa shape index (κ2) is 9.08. The van der Waals surface area contributed by atoms with Gasteiger partial charge in [0.2, 0.25) is 0 Å². The maximum atomic E-state index is 12.5. The number of hydrogen-bond acceptors (Lipinski definition) is 4. The molecule has 150 valence electrons. The van der Waals surface area contributed by atoms with Crippen LogP contribution in [0.15, 0.2) is 24.3 Å². The second-order valence-corrected chi connectivity index (χ2v) is 7.29. The lowest BCUT2D eigenvalue weighted by molar-refractivity contribution is -0.144. The summed E-state index contributed by atoms with van der Waals surface area (Å²) in [6.07, 6.45) is 2.52. The summed E-state index contributed by atoms with van der Waals surface area (Å²) in [5, 5.41) is 15.0. The van der Waals surface area contributed by atoms with Gasteiger partial charge in [0.05, 0.1) is 7.11 Å². The average Bonchev–Trinajstić information content (AvgIpc) is 2.67. The molecule has 0 bridgehead atoms. The summed E-state index contributed by atoms with van der Waals surface area (Å²) in [7, 11) is 1.63. The zero-order valence-corrected chi connectivity index (χ0v) is 16.3. The number of carbonyl (C=O) groups excluding carboxylic acids is 1. The van der Waals surface area contributed by atoms with Crippen LogP contribution in [-0.2, 0) is 14.9 Å². The fourth-order valence-electron chi connectivity index (χ4n) is 3.65. The van der Waals surface area contributed by atoms with Crippen molar-refractivity contribution in [2.75, 3.05) is 26.9 Å². The van der Waals surface area contributed by atoms with Gasteiger partial charge >= 0.3 is 12.0 Å². The van der Waals surface area contributed by atoms with Gasteiger partial charge in [0.15, 0.2) is 0 Å². The van der Waals surface area contributed by atoms with Crippen LogP contribution >= 0.6 is 0 Å². The number of aliphatic carboxylic acids is 1. The summed E-state index contributed by atoms with van der Waals surface area (Å²) >= 11 is 0. The molecule has 7 heteroatoms. The third-order valence-electron chi connectivity index (χ3n) is 5.33. The Labute approximate surface area is 160 Å². The van der Waals surface area contributed by atoms with E-state index in [-0.39, 0.29) is 5.41 Å². The number of benzene rings is 1. The zero-order valence-electron chi connectivity index (χ0n) is 16.3. The first kappa shape index (κ1) is 21.0. The number of carbonyl (C=O) groups is 2. The fourth-order valence-corrected chi connectivity index (χ4v) is 3.65. The number of nitrogens with one attached hydrogen (secondary N) is 2. The van der Waals surface area contributed by atoms with Gasteiger partial charge in [0.25, 0.3) is 0 Å². The Balaban J connectivity index is 2.15. The van der Waals surface area contributed by atoms with E-state index in [1.807, 2.05) is 31.2 Å². The van der Waals surface area contributed by atoms with Gasteiger partial charge in [0.1, 0.15) is 11.3 Å². The Morgan fingerprint density at radius 3 is 2.56 bits per heavy atom. The number of carboxylic acid groups (broad SMARTS) is 1. The van der Waals surface area contributed by atoms with Crippen LogP contribution in [0.1, 0.15) is 45.1 Å². The van der Waals surface area contributed by atoms with Crippen LogP contribution in [0.4, 0.5) is 4.79 Å². The Hall–Kier alpha value is -2.28. The summed E-state index contributed by atoms with van der Waals surface area (Å²) in [6, 6.07) is 7.32. The van der Waals surface area contributed by atoms with Gasteiger partial charge in [-0.15, -0.1) is 0 Å². The molecule has 0 spiro atoms. The zero-order chi connectivity index (χ0) is 19.9. The standard InChI is InChI=1S/C20H30N2O5/c1-4-9-19(2,17(23)24)22-18(25)21-14-20(10-12-27-13-11-20)15-7-5-6-8-16(15)26-3/h5-8H,4,9-14H2,1-3H3,(H,23,24)(H2,21,22,25). The van der Waals surface area contributed by atoms with Crippen molar-refractivity contribution in [3.63, 3.8) is 0 Å². The lowest BCUT2D eigenvalue weighted by Gasteiger charge is -2.39. The Bertz CT molecular complexity index is 658. The molecule has 1 fully saturated rings. The van der Waals surface area contributed by atoms with E-state index in [4.69, 9.17) is 9.47 Å². The van der Waals surface area contributed by atoms with E-state index in [0.717, 1.165) is 24.2 Å². The van der Waals surface area contributed by atoms with Crippen molar-refractivity contribution >= 4 is 12.0 Å². The molecule has 2 amide bonds. The molecule has 1 aromatic rings. The van der Waals surface area contributed by atoms with Crippen molar-refractivity contribution in [1.29, 1.82) is 0 Å². The van der Waals surface area contributed by atoms with Crippen LogP contribution in [0.5, 0.6) is 5.75 Å². The van der Waals surface area contributed by atoms with Crippen molar-refractivity contribution in [2.24, 2.45) is 0 Å². The van der Waals surface area contributed by atoms with Crippen LogP contribution < -0.4 is 15.4 Å². The Morgan fingerprint density at radius 2 is 1.96 bits per heavy atom. The first-order valence-electron chi connectivity index (χ1n) is 9.37. The molecule has 1 saturated heterocycles. The minimum absolute atomic E-state index is 0.313. The van der Waals surface area contributed by atoms with Crippen LogP contribution in [0, 0.1) is 0 Å². The lowest BCUT2D eigenvalue weighted by atomic mass is 9.73. The third-order valence-corrected chi connectivity index (χ3v) is 5.33. The van der Waals surface area contributed by atoms with Gasteiger partial charge in [-0.05, 0) is 32.3 Å². The van der Waals surface area contributed by atoms with E-state index in [1.165, 1.54) is 6.92 Å². The molecule has 1 atom stereocenters. The van der Waals surface area contributed by atoms with E-state index in [2.05, 4.69) is 10.6 Å². The van der Waals surface area contributed by atoms with Gasteiger partial charge in [0, 0.05) is 30.7 Å². The molecule has 1 aromatic carbocycles. The average molecular weight is 378 g/mol. The number of amides is 2. The molecule has 0 aromatic heterocycles. The normalized spacial score (nSPS) is 18.2. The molecule has 1 aliphatic heterocycles. The van der Waals surface area contributed by atoms with Crippen LogP contribution in [0.2, 0.25) is 0 Å². The molecule has 27 heavy (non-hydrogen) atoms. The van der Waals surface area contributed by atoms with E-state index < -0.39 is 17.5 Å². The van der Waals surface area contributed by atoms with Gasteiger partial charge in [-0.1, -0.05) is 31.5 Å². The maximum absolute atomic E-state index is 12.5. The highest BCUT2D eigenvalue weighted by Crippen LogP contribution is 2.39. The number of para-hydroxylation sites is 1. The summed E-state index contributed by atoms with van der Waals surface area (Å²) in [6.45, 7) is 5.00. The summed E-state index contributed by atoms with van der Waals surface area (Å²) in [5.74, 6) is -0.257. The van der Waals surface area contributed by atoms with Crippen LogP contribution in [-0.4, -0.2) is 49.5 Å². The monoisotopic (exact) mass is 378 g/mol. The van der Waals surface area contributed by atoms with Crippen molar-refractivity contribution in [3.05, 3.63) is 29.8 Å². The predicted molar refractivity (Wildman–Crippen MR) is 102 cm³/mol. The topological polar surface area (TPSA) is 96.9 Å². The molecule has 1 unspecified atom stereocenters. The highest BCUT2D eigenvalue weighted by Gasteiger charge is 2.38. The number of rotatable bonds is 8. The van der Waals surface area contributed by atoms with Gasteiger partial charge in [-0.3, -0.25) is 0 Å². The predicted octanol–water partition coefficient (Wildman–Crippen LogP) is 2.69. The van der Waals surface area contributed by atoms with E-state index in [0.29, 0.717) is 32.6 Å². The summed E-state index contributed by atoms with van der Waals surface area (Å²) in [4.78, 5) is 24.0. The summed E-state index contributed by atoms with van der Waals surface area (Å²) < 4.78 is 11.1. The third kappa shape index (κ3) is 4.91. The van der Waals surface area contributed by atoms with Gasteiger partial charge < -0.3 is 25.2 Å². The number of carboxylic acids is 1. The molecule has 3 N–H and O–H groups in total. The minimum atomic E-state index is -1.29. The molecule has 2 rings (SSSR count). The number of methoxy groups -OCH3 is 1. The quantitative estimate of drug-likeness (QED) is 0.646. The van der Waals surface area contributed by atoms with E-state index >= 15 is 0 Å². The maximum Gasteiger partial charge on any atom is 0.329 e. The molecular weight excluding hydrogens is 348 g/mol. The van der Waals surface area contributed by atoms with E-state index in [9.17, 15) is 14.7 Å². The largest absolute Gasteiger partial charge is 0.496 e. The van der Waals surface area contributed by atoms with Gasteiger partial charge in [-0.25, -0.2) is 9.59 Å². The van der Waals surface area contributed by atoms with E-state index in [1.54, 1.807) is 7.11 Å². The molecule has 0 radical (unpaired) electrons. The number of ether oxygens (including phenoxy) is 2. The second-order valence-electron chi connectivity index (χ2n) is 7.29. The van der Waals surface area contributed by atoms with Crippen molar-refractivity contribution in [3.8, 4) is 5.75 Å². The van der Waals surface area contributed by atoms with Crippen molar-refractivity contribution in [2.45, 2.75) is 50.5 Å². The molecule has 1 heterocycles.